The van der Waals surface area contributed by atoms with Crippen LogP contribution in [0.2, 0.25) is 0 Å². The minimum absolute atomic E-state index is 1.12. The van der Waals surface area contributed by atoms with Crippen molar-refractivity contribution in [2.45, 2.75) is 12.8 Å². The van der Waals surface area contributed by atoms with Crippen molar-refractivity contribution in [3.63, 3.8) is 0 Å². The number of nitrogens with one attached hydrogen (secondary N) is 2. The maximum Gasteiger partial charge on any atom is -0.00368 e. The second-order valence-corrected chi connectivity index (χ2v) is 3.54. The summed E-state index contributed by atoms with van der Waals surface area (Å²) in [6.07, 6.45) is 4.68. The van der Waals surface area contributed by atoms with E-state index >= 15 is 0 Å². The molecule has 0 rings (SSSR count). The van der Waals surface area contributed by atoms with Crippen molar-refractivity contribution in [1.82, 2.24) is 10.6 Å². The van der Waals surface area contributed by atoms with Crippen LogP contribution in [-0.2, 0) is 0 Å². The van der Waals surface area contributed by atoms with Gasteiger partial charge in [0, 0.05) is 0 Å². The third-order valence-corrected chi connectivity index (χ3v) is 2.18. The molecule has 0 amide bonds. The summed E-state index contributed by atoms with van der Waals surface area (Å²) in [4.78, 5) is 0. The van der Waals surface area contributed by atoms with Crippen molar-refractivity contribution < 1.29 is 0 Å². The van der Waals surface area contributed by atoms with E-state index in [-0.39, 0.29) is 0 Å². The summed E-state index contributed by atoms with van der Waals surface area (Å²) in [7, 11) is 1.99. The van der Waals surface area contributed by atoms with Crippen LogP contribution in [0.1, 0.15) is 12.8 Å². The molecule has 0 radical (unpaired) electrons. The van der Waals surface area contributed by atoms with Crippen LogP contribution >= 0.6 is 11.8 Å². The summed E-state index contributed by atoms with van der Waals surface area (Å²) in [5.74, 6) is 1.28. The lowest BCUT2D eigenvalue weighted by Gasteiger charge is -2.02. The van der Waals surface area contributed by atoms with Crippen LogP contribution in [0, 0.1) is 0 Å². The molecule has 0 fully saturated rings. The normalized spacial score (nSPS) is 10.4. The van der Waals surface area contributed by atoms with Gasteiger partial charge >= 0.3 is 0 Å². The molecular weight excluding hydrogens is 156 g/mol. The molecule has 0 bridgehead atoms. The highest BCUT2D eigenvalue weighted by Crippen LogP contribution is 1.92. The van der Waals surface area contributed by atoms with E-state index in [1.165, 1.54) is 25.1 Å². The van der Waals surface area contributed by atoms with Crippen LogP contribution in [0.25, 0.3) is 0 Å². The van der Waals surface area contributed by atoms with Crippen LogP contribution in [0.5, 0.6) is 0 Å². The Balaban J connectivity index is 2.69. The largest absolute Gasteiger partial charge is 0.320 e. The minimum atomic E-state index is 1.12. The summed E-state index contributed by atoms with van der Waals surface area (Å²) in [5, 5.41) is 6.53. The van der Waals surface area contributed by atoms with Gasteiger partial charge in [0.1, 0.15) is 0 Å². The van der Waals surface area contributed by atoms with Crippen LogP contribution in [0.3, 0.4) is 0 Å². The number of rotatable bonds is 8. The minimum Gasteiger partial charge on any atom is -0.320 e. The van der Waals surface area contributed by atoms with E-state index in [0.29, 0.717) is 0 Å². The SMILES string of the molecule is CNCCCNCCCSC. The zero-order valence-electron chi connectivity index (χ0n) is 7.65. The Bertz CT molecular complexity index is 61.1. The molecule has 0 unspecified atom stereocenters. The van der Waals surface area contributed by atoms with Gasteiger partial charge in [-0.3, -0.25) is 0 Å². The average molecular weight is 176 g/mol. The predicted molar refractivity (Wildman–Crippen MR) is 54.4 cm³/mol. The zero-order chi connectivity index (χ0) is 8.36. The van der Waals surface area contributed by atoms with Gasteiger partial charge in [-0.2, -0.15) is 11.8 Å². The van der Waals surface area contributed by atoms with Gasteiger partial charge in [-0.15, -0.1) is 0 Å². The molecule has 0 saturated heterocycles. The quantitative estimate of drug-likeness (QED) is 0.538. The van der Waals surface area contributed by atoms with Gasteiger partial charge in [-0.1, -0.05) is 0 Å². The van der Waals surface area contributed by atoms with E-state index in [1.807, 2.05) is 18.8 Å². The van der Waals surface area contributed by atoms with Crippen molar-refractivity contribution in [3.05, 3.63) is 0 Å². The van der Waals surface area contributed by atoms with Gasteiger partial charge in [0.25, 0.3) is 0 Å². The molecule has 3 heteroatoms. The lowest BCUT2D eigenvalue weighted by molar-refractivity contribution is 0.621. The topological polar surface area (TPSA) is 24.1 Å². The number of hydrogen-bond donors (Lipinski definition) is 2. The van der Waals surface area contributed by atoms with Crippen LogP contribution in [0.15, 0.2) is 0 Å². The molecule has 0 atom stereocenters. The number of hydrogen-bond acceptors (Lipinski definition) is 3. The molecule has 2 N–H and O–H groups in total. The van der Waals surface area contributed by atoms with E-state index in [4.69, 9.17) is 0 Å². The van der Waals surface area contributed by atoms with Gasteiger partial charge in [0.2, 0.25) is 0 Å². The summed E-state index contributed by atoms with van der Waals surface area (Å²) >= 11 is 1.92. The number of thioether (sulfide) groups is 1. The Hall–Kier alpha value is 0.270. The van der Waals surface area contributed by atoms with Crippen molar-refractivity contribution in [2.24, 2.45) is 0 Å². The maximum atomic E-state index is 3.40. The Morgan fingerprint density at radius 1 is 1.09 bits per heavy atom. The summed E-state index contributed by atoms with van der Waals surface area (Å²) in [5.41, 5.74) is 0. The molecule has 68 valence electrons. The average Bonchev–Trinajstić information content (AvgIpc) is 2.03. The van der Waals surface area contributed by atoms with Gasteiger partial charge in [0.05, 0.1) is 0 Å². The molecular formula is C8H20N2S. The molecule has 0 aliphatic carbocycles. The summed E-state index contributed by atoms with van der Waals surface area (Å²) in [6.45, 7) is 3.44. The lowest BCUT2D eigenvalue weighted by atomic mass is 10.4. The second-order valence-electron chi connectivity index (χ2n) is 2.55. The summed E-state index contributed by atoms with van der Waals surface area (Å²) in [6, 6.07) is 0. The molecule has 0 aliphatic rings. The van der Waals surface area contributed by atoms with Crippen LogP contribution < -0.4 is 10.6 Å². The molecule has 0 aromatic carbocycles. The fourth-order valence-corrected chi connectivity index (χ4v) is 1.29. The van der Waals surface area contributed by atoms with Crippen molar-refractivity contribution in [1.29, 1.82) is 0 Å². The maximum absolute atomic E-state index is 3.40. The summed E-state index contributed by atoms with van der Waals surface area (Å²) < 4.78 is 0. The third kappa shape index (κ3) is 10.3. The first-order chi connectivity index (χ1) is 5.41. The van der Waals surface area contributed by atoms with Crippen LogP contribution in [-0.4, -0.2) is 38.7 Å². The van der Waals surface area contributed by atoms with E-state index in [9.17, 15) is 0 Å². The first-order valence-electron chi connectivity index (χ1n) is 4.26. The fraction of sp³-hybridized carbons (Fsp3) is 1.00. The third-order valence-electron chi connectivity index (χ3n) is 1.48. The van der Waals surface area contributed by atoms with Gasteiger partial charge in [-0.05, 0) is 51.5 Å². The molecule has 0 aliphatic heterocycles. The predicted octanol–water partition coefficient (Wildman–Crippen LogP) is 0.939. The molecule has 0 aromatic heterocycles. The molecule has 0 aromatic rings. The molecule has 0 saturated carbocycles. The van der Waals surface area contributed by atoms with E-state index in [2.05, 4.69) is 16.9 Å². The first kappa shape index (κ1) is 11.3. The van der Waals surface area contributed by atoms with E-state index < -0.39 is 0 Å². The Morgan fingerprint density at radius 3 is 2.45 bits per heavy atom. The lowest BCUT2D eigenvalue weighted by Crippen LogP contribution is -2.21. The van der Waals surface area contributed by atoms with Crippen molar-refractivity contribution in [2.75, 3.05) is 38.7 Å². The molecule has 0 heterocycles. The highest BCUT2D eigenvalue weighted by molar-refractivity contribution is 7.98. The second kappa shape index (κ2) is 10.3. The highest BCUT2D eigenvalue weighted by atomic mass is 32.2. The van der Waals surface area contributed by atoms with Gasteiger partial charge < -0.3 is 10.6 Å². The monoisotopic (exact) mass is 176 g/mol. The molecule has 11 heavy (non-hydrogen) atoms. The fourth-order valence-electron chi connectivity index (χ4n) is 0.857. The van der Waals surface area contributed by atoms with E-state index in [0.717, 1.165) is 13.1 Å². The van der Waals surface area contributed by atoms with E-state index in [1.54, 1.807) is 0 Å². The molecule has 2 nitrogen and oxygen atoms in total. The van der Waals surface area contributed by atoms with Crippen molar-refractivity contribution in [3.8, 4) is 0 Å². The molecule has 0 spiro atoms. The Labute approximate surface area is 74.5 Å². The van der Waals surface area contributed by atoms with Crippen molar-refractivity contribution >= 4 is 11.8 Å². The smallest absolute Gasteiger partial charge is 0.00368 e. The van der Waals surface area contributed by atoms with Gasteiger partial charge in [-0.25, -0.2) is 0 Å². The van der Waals surface area contributed by atoms with Crippen LogP contribution in [0.4, 0.5) is 0 Å². The zero-order valence-corrected chi connectivity index (χ0v) is 8.47. The highest BCUT2D eigenvalue weighted by Gasteiger charge is 1.86. The van der Waals surface area contributed by atoms with Gasteiger partial charge in [0.15, 0.2) is 0 Å². The first-order valence-corrected chi connectivity index (χ1v) is 5.65. The standard InChI is InChI=1S/C8H20N2S/c1-9-5-3-6-10-7-4-8-11-2/h9-10H,3-8H2,1-2H3. The Kier molecular flexibility index (Phi) is 10.5. The Morgan fingerprint density at radius 2 is 1.82 bits per heavy atom.